The lowest BCUT2D eigenvalue weighted by atomic mass is 9.70. The summed E-state index contributed by atoms with van der Waals surface area (Å²) < 4.78 is 0. The minimum Gasteiger partial charge on any atom is -0.465 e. The Balaban J connectivity index is 3.12. The fourth-order valence-electron chi connectivity index (χ4n) is 2.67. The van der Waals surface area contributed by atoms with Gasteiger partial charge in [0.15, 0.2) is 0 Å². The molecular formula is C12H19NO3. The first-order valence-corrected chi connectivity index (χ1v) is 5.55. The summed E-state index contributed by atoms with van der Waals surface area (Å²) in [6, 6.07) is 0. The van der Waals surface area contributed by atoms with Crippen LogP contribution in [0.2, 0.25) is 0 Å². The van der Waals surface area contributed by atoms with E-state index in [1.807, 2.05) is 20.8 Å². The van der Waals surface area contributed by atoms with Gasteiger partial charge in [-0.2, -0.15) is 0 Å². The monoisotopic (exact) mass is 225 g/mol. The van der Waals surface area contributed by atoms with E-state index in [0.29, 0.717) is 13.0 Å². The third-order valence-corrected chi connectivity index (χ3v) is 3.64. The van der Waals surface area contributed by atoms with Crippen LogP contribution in [0, 0.1) is 5.41 Å². The first kappa shape index (κ1) is 12.8. The molecule has 0 bridgehead atoms. The summed E-state index contributed by atoms with van der Waals surface area (Å²) in [5.74, 6) is 1.76. The highest BCUT2D eigenvalue weighted by molar-refractivity contribution is 5.67. The molecule has 0 unspecified atom stereocenters. The van der Waals surface area contributed by atoms with Gasteiger partial charge in [-0.05, 0) is 18.3 Å². The van der Waals surface area contributed by atoms with E-state index in [1.165, 1.54) is 11.0 Å². The van der Waals surface area contributed by atoms with E-state index in [4.69, 9.17) is 0 Å². The molecule has 0 aromatic rings. The number of carbonyl (C=O) groups excluding carboxylic acids is 1. The average Bonchev–Trinajstić information content (AvgIpc) is 2.58. The summed E-state index contributed by atoms with van der Waals surface area (Å²) in [5, 5.41) is 9.23. The van der Waals surface area contributed by atoms with Gasteiger partial charge in [0.25, 0.3) is 0 Å². The second-order valence-electron chi connectivity index (χ2n) is 5.35. The zero-order valence-corrected chi connectivity index (χ0v) is 10.1. The van der Waals surface area contributed by atoms with E-state index in [2.05, 4.69) is 0 Å². The molecule has 4 heteroatoms. The van der Waals surface area contributed by atoms with Crippen molar-refractivity contribution in [2.45, 2.75) is 45.6 Å². The van der Waals surface area contributed by atoms with Gasteiger partial charge in [0.2, 0.25) is 0 Å². The Kier molecular flexibility index (Phi) is 3.44. The largest absolute Gasteiger partial charge is 0.465 e. The van der Waals surface area contributed by atoms with Crippen molar-refractivity contribution in [1.82, 2.24) is 4.90 Å². The molecular weight excluding hydrogens is 206 g/mol. The van der Waals surface area contributed by atoms with Gasteiger partial charge in [-0.1, -0.05) is 20.8 Å². The number of amides is 1. The predicted octanol–water partition coefficient (Wildman–Crippen LogP) is 2.32. The number of rotatable bonds is 2. The van der Waals surface area contributed by atoms with Gasteiger partial charge in [0, 0.05) is 19.0 Å². The van der Waals surface area contributed by atoms with E-state index in [0.717, 1.165) is 12.8 Å². The van der Waals surface area contributed by atoms with Crippen LogP contribution in [0.25, 0.3) is 0 Å². The molecule has 1 heterocycles. The number of carbonyl (C=O) groups is 1. The first-order valence-electron chi connectivity index (χ1n) is 5.55. The Morgan fingerprint density at radius 2 is 2.19 bits per heavy atom. The van der Waals surface area contributed by atoms with Crippen LogP contribution in [-0.4, -0.2) is 34.1 Å². The maximum atomic E-state index is 11.2. The number of hydrogen-bond donors (Lipinski definition) is 1. The Hall–Kier alpha value is -1.28. The van der Waals surface area contributed by atoms with Crippen LogP contribution >= 0.6 is 0 Å². The summed E-state index contributed by atoms with van der Waals surface area (Å²) in [5.41, 5.74) is -0.647. The van der Waals surface area contributed by atoms with Crippen molar-refractivity contribution in [3.05, 3.63) is 6.08 Å². The van der Waals surface area contributed by atoms with Crippen molar-refractivity contribution in [2.24, 2.45) is 5.41 Å². The molecule has 1 saturated heterocycles. The predicted molar refractivity (Wildman–Crippen MR) is 61.0 cm³/mol. The third-order valence-electron chi connectivity index (χ3n) is 3.64. The van der Waals surface area contributed by atoms with Crippen molar-refractivity contribution in [3.8, 4) is 0 Å². The summed E-state index contributed by atoms with van der Waals surface area (Å²) >= 11 is 0. The number of hydrogen-bond acceptors (Lipinski definition) is 2. The van der Waals surface area contributed by atoms with E-state index >= 15 is 0 Å². The van der Waals surface area contributed by atoms with Gasteiger partial charge in [-0.25, -0.2) is 9.59 Å². The Bertz CT molecular complexity index is 326. The molecule has 0 radical (unpaired) electrons. The van der Waals surface area contributed by atoms with Crippen LogP contribution in [0.5, 0.6) is 0 Å². The topological polar surface area (TPSA) is 57.6 Å². The van der Waals surface area contributed by atoms with Crippen molar-refractivity contribution < 1.29 is 14.7 Å². The van der Waals surface area contributed by atoms with Crippen LogP contribution in [0.3, 0.4) is 0 Å². The fourth-order valence-corrected chi connectivity index (χ4v) is 2.67. The molecule has 90 valence electrons. The maximum Gasteiger partial charge on any atom is 0.407 e. The standard InChI is InChI=1S/C12H19NO3/c1-11(2,3)12(7-5-9-14)6-4-8-13(12)10(15)16/h5H,4,6-8H2,1-3H3,(H,15,16)/t12-/m0/s1. The maximum absolute atomic E-state index is 11.2. The first-order chi connectivity index (χ1) is 7.35. The zero-order chi connectivity index (χ0) is 12.4. The molecule has 1 rings (SSSR count). The molecule has 1 aliphatic rings. The summed E-state index contributed by atoms with van der Waals surface area (Å²) in [7, 11) is 0. The fraction of sp³-hybridized carbons (Fsp3) is 0.750. The van der Waals surface area contributed by atoms with Crippen LogP contribution in [0.15, 0.2) is 6.08 Å². The number of likely N-dealkylation sites (tertiary alicyclic amines) is 1. The SMILES string of the molecule is CC(C)(C)[C@@]1(CC=C=O)CCCN1C(=O)O. The van der Waals surface area contributed by atoms with Crippen LogP contribution in [0.4, 0.5) is 4.79 Å². The zero-order valence-electron chi connectivity index (χ0n) is 10.1. The van der Waals surface area contributed by atoms with Gasteiger partial charge in [-0.3, -0.25) is 0 Å². The van der Waals surface area contributed by atoms with Crippen molar-refractivity contribution in [3.63, 3.8) is 0 Å². The second kappa shape index (κ2) is 4.30. The van der Waals surface area contributed by atoms with Gasteiger partial charge in [0.1, 0.15) is 5.94 Å². The lowest BCUT2D eigenvalue weighted by molar-refractivity contribution is 0.0328. The molecule has 0 aliphatic carbocycles. The smallest absolute Gasteiger partial charge is 0.407 e. The number of carboxylic acid groups (broad SMARTS) is 1. The normalized spacial score (nSPS) is 25.3. The quantitative estimate of drug-likeness (QED) is 0.734. The minimum absolute atomic E-state index is 0.185. The van der Waals surface area contributed by atoms with E-state index in [-0.39, 0.29) is 5.41 Å². The highest BCUT2D eigenvalue weighted by Crippen LogP contribution is 2.46. The molecule has 1 fully saturated rings. The lowest BCUT2D eigenvalue weighted by Gasteiger charge is -2.46. The van der Waals surface area contributed by atoms with Gasteiger partial charge >= 0.3 is 6.09 Å². The van der Waals surface area contributed by atoms with E-state index in [9.17, 15) is 14.7 Å². The summed E-state index contributed by atoms with van der Waals surface area (Å²) in [4.78, 5) is 23.1. The molecule has 1 N–H and O–H groups in total. The molecule has 1 aliphatic heterocycles. The Labute approximate surface area is 95.9 Å². The lowest BCUT2D eigenvalue weighted by Crippen LogP contribution is -2.55. The summed E-state index contributed by atoms with van der Waals surface area (Å²) in [6.07, 6.45) is 2.63. The molecule has 1 atom stereocenters. The molecule has 0 saturated carbocycles. The highest BCUT2D eigenvalue weighted by Gasteiger charge is 2.50. The third kappa shape index (κ3) is 1.98. The van der Waals surface area contributed by atoms with Crippen LogP contribution in [0.1, 0.15) is 40.0 Å². The van der Waals surface area contributed by atoms with Crippen LogP contribution in [-0.2, 0) is 4.79 Å². The van der Waals surface area contributed by atoms with Crippen LogP contribution < -0.4 is 0 Å². The molecule has 4 nitrogen and oxygen atoms in total. The van der Waals surface area contributed by atoms with Gasteiger partial charge < -0.3 is 10.0 Å². The summed E-state index contributed by atoms with van der Waals surface area (Å²) in [6.45, 7) is 6.62. The minimum atomic E-state index is -0.897. The average molecular weight is 225 g/mol. The second-order valence-corrected chi connectivity index (χ2v) is 5.35. The molecule has 0 aromatic heterocycles. The van der Waals surface area contributed by atoms with Gasteiger partial charge in [-0.15, -0.1) is 0 Å². The molecule has 0 spiro atoms. The van der Waals surface area contributed by atoms with E-state index in [1.54, 1.807) is 5.94 Å². The van der Waals surface area contributed by atoms with Crippen molar-refractivity contribution >= 4 is 12.0 Å². The van der Waals surface area contributed by atoms with Crippen molar-refractivity contribution in [2.75, 3.05) is 6.54 Å². The van der Waals surface area contributed by atoms with Gasteiger partial charge in [0.05, 0.1) is 5.54 Å². The molecule has 16 heavy (non-hydrogen) atoms. The Morgan fingerprint density at radius 3 is 2.62 bits per heavy atom. The molecule has 0 aromatic carbocycles. The van der Waals surface area contributed by atoms with Crippen molar-refractivity contribution in [1.29, 1.82) is 0 Å². The van der Waals surface area contributed by atoms with E-state index < -0.39 is 11.6 Å². The Morgan fingerprint density at radius 1 is 1.56 bits per heavy atom. The number of nitrogens with zero attached hydrogens (tertiary/aromatic N) is 1. The highest BCUT2D eigenvalue weighted by atomic mass is 16.4. The molecule has 1 amide bonds.